The molecule has 0 unspecified atom stereocenters. The van der Waals surface area contributed by atoms with Gasteiger partial charge in [0, 0.05) is 19.3 Å². The van der Waals surface area contributed by atoms with Gasteiger partial charge in [-0.1, -0.05) is 230 Å². The Labute approximate surface area is 397 Å². The van der Waals surface area contributed by atoms with Crippen LogP contribution in [0.1, 0.15) is 284 Å². The third-order valence-electron chi connectivity index (χ3n) is 12.1. The van der Waals surface area contributed by atoms with Gasteiger partial charge < -0.3 is 14.2 Å². The number of unbranched alkanes of at least 4 members (excludes halogenated alkanes) is 31. The van der Waals surface area contributed by atoms with E-state index in [4.69, 9.17) is 14.2 Å². The van der Waals surface area contributed by atoms with Crippen molar-refractivity contribution in [2.75, 3.05) is 13.2 Å². The number of hydrogen-bond donors (Lipinski definition) is 0. The predicted molar refractivity (Wildman–Crippen MR) is 275 cm³/mol. The van der Waals surface area contributed by atoms with Gasteiger partial charge in [-0.25, -0.2) is 0 Å². The van der Waals surface area contributed by atoms with Gasteiger partial charge in [0.1, 0.15) is 13.2 Å². The Bertz CT molecular complexity index is 1120. The minimum atomic E-state index is -0.784. The van der Waals surface area contributed by atoms with Gasteiger partial charge in [0.25, 0.3) is 0 Å². The summed E-state index contributed by atoms with van der Waals surface area (Å²) in [5, 5.41) is 0. The van der Waals surface area contributed by atoms with E-state index in [0.29, 0.717) is 19.3 Å². The summed E-state index contributed by atoms with van der Waals surface area (Å²) in [4.78, 5) is 38.1. The second-order valence-corrected chi connectivity index (χ2v) is 18.5. The molecule has 0 fully saturated rings. The van der Waals surface area contributed by atoms with Crippen LogP contribution in [0.5, 0.6) is 0 Å². The Hall–Kier alpha value is -2.63. The summed E-state index contributed by atoms with van der Waals surface area (Å²) >= 11 is 0. The molecule has 6 heteroatoms. The van der Waals surface area contributed by atoms with Crippen LogP contribution in [0, 0.1) is 0 Å². The van der Waals surface area contributed by atoms with E-state index in [0.717, 1.165) is 96.3 Å². The van der Waals surface area contributed by atoms with Gasteiger partial charge in [0.2, 0.25) is 0 Å². The molecule has 0 N–H and O–H groups in total. The first-order chi connectivity index (χ1) is 31.5. The molecule has 0 aliphatic rings. The number of hydrogen-bond acceptors (Lipinski definition) is 6. The van der Waals surface area contributed by atoms with Gasteiger partial charge in [-0.3, -0.25) is 14.4 Å². The van der Waals surface area contributed by atoms with Crippen LogP contribution in [0.15, 0.2) is 48.6 Å². The SMILES string of the molecule is CCCCC/C=C\C/C=C\C/C=C\CCCCCCC(=O)OC[C@@H](COC(=O)CCCCCCCCCCCCCCCC)OC(=O)CCCCCCC/C=C\CCCCCCCC. The number of carbonyl (C=O) groups excluding carboxylic acids is 3. The summed E-state index contributed by atoms with van der Waals surface area (Å²) in [7, 11) is 0. The Morgan fingerprint density at radius 1 is 0.312 bits per heavy atom. The van der Waals surface area contributed by atoms with E-state index in [9.17, 15) is 14.4 Å². The second kappa shape index (κ2) is 53.0. The van der Waals surface area contributed by atoms with E-state index in [1.54, 1.807) is 0 Å². The van der Waals surface area contributed by atoms with Crippen molar-refractivity contribution in [3.8, 4) is 0 Å². The molecule has 1 atom stereocenters. The molecule has 0 amide bonds. The molecular formula is C58H104O6. The fraction of sp³-hybridized carbons (Fsp3) is 0.810. The maximum Gasteiger partial charge on any atom is 0.306 e. The monoisotopic (exact) mass is 897 g/mol. The Balaban J connectivity index is 4.41. The molecule has 0 aromatic rings. The van der Waals surface area contributed by atoms with Gasteiger partial charge in [0.05, 0.1) is 0 Å². The molecule has 0 aliphatic heterocycles. The maximum atomic E-state index is 12.8. The lowest BCUT2D eigenvalue weighted by atomic mass is 10.0. The highest BCUT2D eigenvalue weighted by atomic mass is 16.6. The van der Waals surface area contributed by atoms with Gasteiger partial charge >= 0.3 is 17.9 Å². The van der Waals surface area contributed by atoms with Gasteiger partial charge in [0.15, 0.2) is 6.10 Å². The van der Waals surface area contributed by atoms with Crippen LogP contribution in [-0.4, -0.2) is 37.2 Å². The standard InChI is InChI=1S/C58H104O6/c1-4-7-10-13-16-19-22-25-28-29-31-33-36-39-42-45-48-51-57(60)63-54-55(53-62-56(59)50-47-44-41-38-35-32-27-24-21-18-15-12-9-6-3)64-58(61)52-49-46-43-40-37-34-30-26-23-20-17-14-11-8-5-2/h16,19,25-26,28,30-31,33,55H,4-15,17-18,20-24,27,29,32,34-54H2,1-3H3/b19-16-,28-25-,30-26-,33-31-/t55-/m1/s1. The van der Waals surface area contributed by atoms with Crippen LogP contribution >= 0.6 is 0 Å². The van der Waals surface area contributed by atoms with Crippen LogP contribution < -0.4 is 0 Å². The third-order valence-corrected chi connectivity index (χ3v) is 12.1. The Kier molecular flexibility index (Phi) is 50.8. The molecule has 0 radical (unpaired) electrons. The average Bonchev–Trinajstić information content (AvgIpc) is 3.29. The van der Waals surface area contributed by atoms with E-state index in [2.05, 4.69) is 69.4 Å². The summed E-state index contributed by atoms with van der Waals surface area (Å²) < 4.78 is 16.8. The fourth-order valence-corrected chi connectivity index (χ4v) is 7.86. The second-order valence-electron chi connectivity index (χ2n) is 18.5. The Morgan fingerprint density at radius 3 is 0.922 bits per heavy atom. The van der Waals surface area contributed by atoms with Crippen LogP contribution in [0.2, 0.25) is 0 Å². The zero-order valence-corrected chi connectivity index (χ0v) is 42.6. The average molecular weight is 897 g/mol. The number of esters is 3. The molecule has 0 aliphatic carbocycles. The fourth-order valence-electron chi connectivity index (χ4n) is 7.86. The van der Waals surface area contributed by atoms with Crippen molar-refractivity contribution < 1.29 is 28.6 Å². The molecule has 0 spiro atoms. The molecule has 0 bridgehead atoms. The van der Waals surface area contributed by atoms with Crippen molar-refractivity contribution in [3.63, 3.8) is 0 Å². The highest BCUT2D eigenvalue weighted by molar-refractivity contribution is 5.71. The van der Waals surface area contributed by atoms with Crippen molar-refractivity contribution in [1.29, 1.82) is 0 Å². The molecule has 0 aromatic heterocycles. The quantitative estimate of drug-likeness (QED) is 0.0262. The first-order valence-electron chi connectivity index (χ1n) is 27.6. The summed E-state index contributed by atoms with van der Waals surface area (Å²) in [6, 6.07) is 0. The largest absolute Gasteiger partial charge is 0.462 e. The summed E-state index contributed by atoms with van der Waals surface area (Å²) in [6.45, 7) is 6.60. The van der Waals surface area contributed by atoms with E-state index in [1.165, 1.54) is 148 Å². The topological polar surface area (TPSA) is 78.9 Å². The molecule has 372 valence electrons. The lowest BCUT2D eigenvalue weighted by Crippen LogP contribution is -2.30. The number of ether oxygens (including phenoxy) is 3. The molecule has 0 heterocycles. The van der Waals surface area contributed by atoms with Crippen LogP contribution in [-0.2, 0) is 28.6 Å². The van der Waals surface area contributed by atoms with Crippen molar-refractivity contribution in [2.24, 2.45) is 0 Å². The smallest absolute Gasteiger partial charge is 0.306 e. The van der Waals surface area contributed by atoms with Crippen LogP contribution in [0.3, 0.4) is 0 Å². The van der Waals surface area contributed by atoms with Crippen molar-refractivity contribution in [2.45, 2.75) is 290 Å². The van der Waals surface area contributed by atoms with Gasteiger partial charge in [-0.2, -0.15) is 0 Å². The molecule has 0 rings (SSSR count). The highest BCUT2D eigenvalue weighted by Gasteiger charge is 2.19. The highest BCUT2D eigenvalue weighted by Crippen LogP contribution is 2.15. The van der Waals surface area contributed by atoms with Crippen molar-refractivity contribution in [3.05, 3.63) is 48.6 Å². The minimum Gasteiger partial charge on any atom is -0.462 e. The van der Waals surface area contributed by atoms with Gasteiger partial charge in [-0.15, -0.1) is 0 Å². The first kappa shape index (κ1) is 61.4. The van der Waals surface area contributed by atoms with E-state index >= 15 is 0 Å². The summed E-state index contributed by atoms with van der Waals surface area (Å²) in [5.41, 5.74) is 0. The third kappa shape index (κ3) is 50.4. The van der Waals surface area contributed by atoms with E-state index < -0.39 is 6.10 Å². The normalized spacial score (nSPS) is 12.4. The molecule has 0 saturated carbocycles. The zero-order chi connectivity index (χ0) is 46.5. The molecule has 0 saturated heterocycles. The molecule has 64 heavy (non-hydrogen) atoms. The maximum absolute atomic E-state index is 12.8. The number of allylic oxidation sites excluding steroid dienone is 8. The van der Waals surface area contributed by atoms with E-state index in [1.807, 2.05) is 0 Å². The van der Waals surface area contributed by atoms with Gasteiger partial charge in [-0.05, 0) is 83.5 Å². The van der Waals surface area contributed by atoms with E-state index in [-0.39, 0.29) is 31.1 Å². The van der Waals surface area contributed by atoms with Crippen molar-refractivity contribution in [1.82, 2.24) is 0 Å². The lowest BCUT2D eigenvalue weighted by molar-refractivity contribution is -0.167. The first-order valence-corrected chi connectivity index (χ1v) is 27.6. The Morgan fingerprint density at radius 2 is 0.562 bits per heavy atom. The molecular weight excluding hydrogens is 793 g/mol. The summed E-state index contributed by atoms with van der Waals surface area (Å²) in [6.07, 6.45) is 63.7. The predicted octanol–water partition coefficient (Wildman–Crippen LogP) is 18.3. The van der Waals surface area contributed by atoms with Crippen molar-refractivity contribution >= 4 is 17.9 Å². The molecule has 0 aromatic carbocycles. The minimum absolute atomic E-state index is 0.0810. The number of rotatable bonds is 50. The molecule has 6 nitrogen and oxygen atoms in total. The number of carbonyl (C=O) groups is 3. The van der Waals surface area contributed by atoms with Crippen LogP contribution in [0.4, 0.5) is 0 Å². The summed E-state index contributed by atoms with van der Waals surface area (Å²) in [5.74, 6) is -0.901. The lowest BCUT2D eigenvalue weighted by Gasteiger charge is -2.18. The van der Waals surface area contributed by atoms with Crippen LogP contribution in [0.25, 0.3) is 0 Å². The zero-order valence-electron chi connectivity index (χ0n) is 42.6.